The van der Waals surface area contributed by atoms with Gasteiger partial charge in [0.25, 0.3) is 0 Å². The fourth-order valence-electron chi connectivity index (χ4n) is 2.99. The molecule has 1 unspecified atom stereocenters. The van der Waals surface area contributed by atoms with E-state index in [2.05, 4.69) is 37.8 Å². The lowest BCUT2D eigenvalue weighted by Crippen LogP contribution is -2.41. The maximum absolute atomic E-state index is 5.98. The van der Waals surface area contributed by atoms with Crippen LogP contribution in [0.2, 0.25) is 0 Å². The van der Waals surface area contributed by atoms with Crippen LogP contribution in [0.15, 0.2) is 12.1 Å². The summed E-state index contributed by atoms with van der Waals surface area (Å²) in [5.41, 5.74) is 9.99. The van der Waals surface area contributed by atoms with E-state index in [0.717, 1.165) is 31.7 Å². The van der Waals surface area contributed by atoms with Crippen LogP contribution in [0.5, 0.6) is 5.75 Å². The first-order valence-electron chi connectivity index (χ1n) is 7.18. The number of ether oxygens (including phenoxy) is 1. The third kappa shape index (κ3) is 2.93. The molecule has 0 radical (unpaired) electrons. The standard InChI is InChI=1S/C16H26N2O/c1-11-12(2)16(19-4)6-5-15(11)13(3)18-9-7-14(17)8-10-18/h5-6,13-14H,7-10,17H2,1-4H3. The van der Waals surface area contributed by atoms with Crippen molar-refractivity contribution in [2.45, 2.75) is 45.7 Å². The number of likely N-dealkylation sites (tertiary alicyclic amines) is 1. The molecule has 0 spiro atoms. The van der Waals surface area contributed by atoms with Crippen LogP contribution < -0.4 is 10.5 Å². The molecule has 0 aliphatic carbocycles. The van der Waals surface area contributed by atoms with Crippen molar-refractivity contribution in [2.24, 2.45) is 5.73 Å². The molecule has 0 aromatic heterocycles. The Morgan fingerprint density at radius 3 is 2.42 bits per heavy atom. The summed E-state index contributed by atoms with van der Waals surface area (Å²) in [7, 11) is 1.73. The van der Waals surface area contributed by atoms with Crippen molar-refractivity contribution < 1.29 is 4.74 Å². The number of methoxy groups -OCH3 is 1. The molecule has 0 saturated carbocycles. The number of rotatable bonds is 3. The highest BCUT2D eigenvalue weighted by Gasteiger charge is 2.23. The molecule has 0 bridgehead atoms. The van der Waals surface area contributed by atoms with Gasteiger partial charge in [-0.2, -0.15) is 0 Å². The van der Waals surface area contributed by atoms with E-state index in [-0.39, 0.29) is 0 Å². The van der Waals surface area contributed by atoms with Gasteiger partial charge in [-0.25, -0.2) is 0 Å². The summed E-state index contributed by atoms with van der Waals surface area (Å²) >= 11 is 0. The summed E-state index contributed by atoms with van der Waals surface area (Å²) in [5, 5.41) is 0. The van der Waals surface area contributed by atoms with Crippen molar-refractivity contribution in [3.05, 3.63) is 28.8 Å². The molecule has 1 aromatic rings. The van der Waals surface area contributed by atoms with Crippen LogP contribution in [-0.4, -0.2) is 31.1 Å². The van der Waals surface area contributed by atoms with E-state index in [1.54, 1.807) is 7.11 Å². The van der Waals surface area contributed by atoms with Crippen LogP contribution in [0.1, 0.15) is 42.5 Å². The first-order valence-corrected chi connectivity index (χ1v) is 7.18. The summed E-state index contributed by atoms with van der Waals surface area (Å²) in [6.45, 7) is 8.83. The van der Waals surface area contributed by atoms with Crippen molar-refractivity contribution >= 4 is 0 Å². The average molecular weight is 262 g/mol. The summed E-state index contributed by atoms with van der Waals surface area (Å²) in [6.07, 6.45) is 2.22. The molecule has 1 aliphatic heterocycles. The Kier molecular flexibility index (Phi) is 4.48. The van der Waals surface area contributed by atoms with Gasteiger partial charge < -0.3 is 10.5 Å². The SMILES string of the molecule is COc1ccc(C(C)N2CCC(N)CC2)c(C)c1C. The summed E-state index contributed by atoms with van der Waals surface area (Å²) < 4.78 is 5.39. The van der Waals surface area contributed by atoms with Crippen molar-refractivity contribution in [2.75, 3.05) is 20.2 Å². The van der Waals surface area contributed by atoms with Gasteiger partial charge in [0.15, 0.2) is 0 Å². The molecule has 1 aliphatic rings. The minimum absolute atomic E-state index is 0.391. The summed E-state index contributed by atoms with van der Waals surface area (Å²) in [5.74, 6) is 0.981. The molecule has 19 heavy (non-hydrogen) atoms. The highest BCUT2D eigenvalue weighted by molar-refractivity contribution is 5.44. The molecule has 1 atom stereocenters. The third-order valence-corrected chi connectivity index (χ3v) is 4.57. The Balaban J connectivity index is 2.19. The molecule has 1 heterocycles. The molecule has 1 fully saturated rings. The van der Waals surface area contributed by atoms with Crippen LogP contribution in [0, 0.1) is 13.8 Å². The number of piperidine rings is 1. The van der Waals surface area contributed by atoms with Gasteiger partial charge in [-0.3, -0.25) is 4.90 Å². The molecule has 0 amide bonds. The third-order valence-electron chi connectivity index (χ3n) is 4.57. The Morgan fingerprint density at radius 2 is 1.84 bits per heavy atom. The highest BCUT2D eigenvalue weighted by Crippen LogP contribution is 2.31. The van der Waals surface area contributed by atoms with Crippen molar-refractivity contribution in [3.63, 3.8) is 0 Å². The second kappa shape index (κ2) is 5.93. The number of hydrogen-bond acceptors (Lipinski definition) is 3. The largest absolute Gasteiger partial charge is 0.496 e. The van der Waals surface area contributed by atoms with Gasteiger partial charge in [-0.15, -0.1) is 0 Å². The Hall–Kier alpha value is -1.06. The van der Waals surface area contributed by atoms with E-state index in [1.807, 2.05) is 0 Å². The topological polar surface area (TPSA) is 38.5 Å². The van der Waals surface area contributed by atoms with Crippen LogP contribution in [0.3, 0.4) is 0 Å². The first kappa shape index (κ1) is 14.4. The Bertz CT molecular complexity index is 437. The zero-order chi connectivity index (χ0) is 14.0. The quantitative estimate of drug-likeness (QED) is 0.910. The average Bonchev–Trinajstić information content (AvgIpc) is 2.42. The van der Waals surface area contributed by atoms with E-state index in [4.69, 9.17) is 10.5 Å². The van der Waals surface area contributed by atoms with E-state index in [1.165, 1.54) is 16.7 Å². The lowest BCUT2D eigenvalue weighted by atomic mass is 9.95. The normalized spacial score (nSPS) is 19.4. The lowest BCUT2D eigenvalue weighted by molar-refractivity contribution is 0.163. The fraction of sp³-hybridized carbons (Fsp3) is 0.625. The van der Waals surface area contributed by atoms with Crippen LogP contribution in [0.25, 0.3) is 0 Å². The monoisotopic (exact) mass is 262 g/mol. The van der Waals surface area contributed by atoms with E-state index < -0.39 is 0 Å². The zero-order valence-corrected chi connectivity index (χ0v) is 12.6. The minimum Gasteiger partial charge on any atom is -0.496 e. The lowest BCUT2D eigenvalue weighted by Gasteiger charge is -2.36. The van der Waals surface area contributed by atoms with E-state index >= 15 is 0 Å². The number of hydrogen-bond donors (Lipinski definition) is 1. The second-order valence-corrected chi connectivity index (χ2v) is 5.66. The molecule has 2 rings (SSSR count). The predicted molar refractivity (Wildman–Crippen MR) is 79.7 cm³/mol. The second-order valence-electron chi connectivity index (χ2n) is 5.66. The van der Waals surface area contributed by atoms with Gasteiger partial charge in [0.1, 0.15) is 5.75 Å². The van der Waals surface area contributed by atoms with Crippen LogP contribution in [-0.2, 0) is 0 Å². The molecular weight excluding hydrogens is 236 g/mol. The van der Waals surface area contributed by atoms with Crippen LogP contribution in [0.4, 0.5) is 0 Å². The van der Waals surface area contributed by atoms with Gasteiger partial charge in [-0.05, 0) is 56.4 Å². The molecule has 1 saturated heterocycles. The number of nitrogens with zero attached hydrogens (tertiary/aromatic N) is 1. The first-order chi connectivity index (χ1) is 9.04. The molecule has 1 aromatic carbocycles. The smallest absolute Gasteiger partial charge is 0.122 e. The van der Waals surface area contributed by atoms with Crippen LogP contribution >= 0.6 is 0 Å². The fourth-order valence-corrected chi connectivity index (χ4v) is 2.99. The predicted octanol–water partition coefficient (Wildman–Crippen LogP) is 2.80. The highest BCUT2D eigenvalue weighted by atomic mass is 16.5. The van der Waals surface area contributed by atoms with Crippen molar-refractivity contribution in [1.29, 1.82) is 0 Å². The van der Waals surface area contributed by atoms with Crippen molar-refractivity contribution in [1.82, 2.24) is 4.90 Å². The molecular formula is C16H26N2O. The molecule has 2 N–H and O–H groups in total. The number of benzene rings is 1. The maximum atomic E-state index is 5.98. The molecule has 3 heteroatoms. The van der Waals surface area contributed by atoms with Gasteiger partial charge in [0.05, 0.1) is 7.11 Å². The van der Waals surface area contributed by atoms with E-state index in [9.17, 15) is 0 Å². The van der Waals surface area contributed by atoms with E-state index in [0.29, 0.717) is 12.1 Å². The van der Waals surface area contributed by atoms with Gasteiger partial charge in [0, 0.05) is 25.2 Å². The molecule has 3 nitrogen and oxygen atoms in total. The maximum Gasteiger partial charge on any atom is 0.122 e. The summed E-state index contributed by atoms with van der Waals surface area (Å²) in [6, 6.07) is 5.14. The van der Waals surface area contributed by atoms with Gasteiger partial charge >= 0.3 is 0 Å². The van der Waals surface area contributed by atoms with Gasteiger partial charge in [-0.1, -0.05) is 6.07 Å². The van der Waals surface area contributed by atoms with Gasteiger partial charge in [0.2, 0.25) is 0 Å². The van der Waals surface area contributed by atoms with Crippen molar-refractivity contribution in [3.8, 4) is 5.75 Å². The Morgan fingerprint density at radius 1 is 1.21 bits per heavy atom. The zero-order valence-electron chi connectivity index (χ0n) is 12.6. The molecule has 106 valence electrons. The summed E-state index contributed by atoms with van der Waals surface area (Å²) in [4.78, 5) is 2.54. The minimum atomic E-state index is 0.391. The Labute approximate surface area is 116 Å². The number of nitrogens with two attached hydrogens (primary N) is 1.